The molecule has 0 bridgehead atoms. The van der Waals surface area contributed by atoms with Crippen molar-refractivity contribution in [2.24, 2.45) is 16.8 Å². The van der Waals surface area contributed by atoms with E-state index in [1.807, 2.05) is 12.2 Å². The van der Waals surface area contributed by atoms with E-state index in [2.05, 4.69) is 34.3 Å². The zero-order valence-corrected chi connectivity index (χ0v) is 21.6. The Kier molecular flexibility index (Phi) is 8.13. The quantitative estimate of drug-likeness (QED) is 0.429. The molecule has 1 saturated heterocycles. The van der Waals surface area contributed by atoms with Crippen LogP contribution in [-0.2, 0) is 14.3 Å². The normalized spacial score (nSPS) is 31.4. The molecule has 2 fully saturated rings. The van der Waals surface area contributed by atoms with Gasteiger partial charge in [-0.15, -0.1) is 0 Å². The SMILES string of the molecule is O=C1CC(COC2(C(=O)NCCC3C=CC=C(Cl)C3)CCCCC2)NC2N=C(C3CC=CCC3)NN12. The van der Waals surface area contributed by atoms with E-state index in [1.165, 1.54) is 0 Å². The molecule has 3 N–H and O–H groups in total. The zero-order valence-electron chi connectivity index (χ0n) is 20.9. The van der Waals surface area contributed by atoms with Gasteiger partial charge in [0.1, 0.15) is 11.4 Å². The van der Waals surface area contributed by atoms with Crippen molar-refractivity contribution in [3.63, 3.8) is 0 Å². The molecule has 0 aromatic heterocycles. The van der Waals surface area contributed by atoms with E-state index in [-0.39, 0.29) is 17.9 Å². The molecule has 2 heterocycles. The number of amides is 2. The summed E-state index contributed by atoms with van der Waals surface area (Å²) in [5.74, 6) is 1.55. The van der Waals surface area contributed by atoms with Crippen molar-refractivity contribution in [1.29, 1.82) is 0 Å². The molecule has 0 radical (unpaired) electrons. The van der Waals surface area contributed by atoms with Gasteiger partial charge in [-0.25, -0.2) is 10.0 Å². The van der Waals surface area contributed by atoms with E-state index >= 15 is 0 Å². The lowest BCUT2D eigenvalue weighted by Gasteiger charge is -2.39. The summed E-state index contributed by atoms with van der Waals surface area (Å²) in [6, 6.07) is -0.178. The lowest BCUT2D eigenvalue weighted by Crippen LogP contribution is -2.61. The fraction of sp³-hybridized carbons (Fsp3) is 0.667. The van der Waals surface area contributed by atoms with E-state index in [9.17, 15) is 9.59 Å². The Labute approximate surface area is 218 Å². The number of carbonyl (C=O) groups excluding carboxylic acids is 2. The molecule has 8 nitrogen and oxygen atoms in total. The van der Waals surface area contributed by atoms with Crippen molar-refractivity contribution in [1.82, 2.24) is 21.1 Å². The van der Waals surface area contributed by atoms with Crippen LogP contribution < -0.4 is 16.1 Å². The van der Waals surface area contributed by atoms with E-state index < -0.39 is 11.9 Å². The number of hydrogen-bond acceptors (Lipinski definition) is 6. The first-order chi connectivity index (χ1) is 17.5. The maximum Gasteiger partial charge on any atom is 0.252 e. The monoisotopic (exact) mass is 515 g/mol. The molecule has 5 rings (SSSR count). The average molecular weight is 516 g/mol. The van der Waals surface area contributed by atoms with Gasteiger partial charge in [0.25, 0.3) is 5.91 Å². The molecule has 4 atom stereocenters. The molecule has 1 saturated carbocycles. The zero-order chi connectivity index (χ0) is 25.0. The highest BCUT2D eigenvalue weighted by Crippen LogP contribution is 2.33. The van der Waals surface area contributed by atoms with Crippen LogP contribution in [-0.4, -0.2) is 53.7 Å². The molecule has 4 unspecified atom stereocenters. The van der Waals surface area contributed by atoms with Crippen LogP contribution in [0.25, 0.3) is 0 Å². The van der Waals surface area contributed by atoms with Crippen LogP contribution in [0.3, 0.4) is 0 Å². The van der Waals surface area contributed by atoms with Crippen LogP contribution in [0.1, 0.15) is 70.6 Å². The molecule has 36 heavy (non-hydrogen) atoms. The molecule has 2 aliphatic heterocycles. The van der Waals surface area contributed by atoms with Crippen LogP contribution in [0.5, 0.6) is 0 Å². The highest BCUT2D eigenvalue weighted by atomic mass is 35.5. The van der Waals surface area contributed by atoms with Gasteiger partial charge >= 0.3 is 0 Å². The smallest absolute Gasteiger partial charge is 0.252 e. The highest BCUT2D eigenvalue weighted by Gasteiger charge is 2.43. The molecule has 0 spiro atoms. The first kappa shape index (κ1) is 25.5. The molecule has 0 aromatic carbocycles. The van der Waals surface area contributed by atoms with Crippen molar-refractivity contribution < 1.29 is 14.3 Å². The van der Waals surface area contributed by atoms with E-state index in [1.54, 1.807) is 5.01 Å². The average Bonchev–Trinajstić information content (AvgIpc) is 3.34. The number of ether oxygens (including phenoxy) is 1. The van der Waals surface area contributed by atoms with Crippen molar-refractivity contribution in [2.45, 2.75) is 88.6 Å². The third-order valence-corrected chi connectivity index (χ3v) is 8.31. The second-order valence-electron chi connectivity index (χ2n) is 10.7. The third kappa shape index (κ3) is 5.87. The van der Waals surface area contributed by atoms with Gasteiger partial charge in [0.2, 0.25) is 5.91 Å². The van der Waals surface area contributed by atoms with Crippen molar-refractivity contribution >= 4 is 29.3 Å². The number of allylic oxidation sites excluding steroid dienone is 6. The Morgan fingerprint density at radius 2 is 2.11 bits per heavy atom. The molecule has 196 valence electrons. The van der Waals surface area contributed by atoms with Gasteiger partial charge in [-0.05, 0) is 56.9 Å². The Bertz CT molecular complexity index is 955. The second kappa shape index (κ2) is 11.5. The van der Waals surface area contributed by atoms with E-state index in [0.29, 0.717) is 44.2 Å². The Morgan fingerprint density at radius 1 is 1.25 bits per heavy atom. The van der Waals surface area contributed by atoms with Gasteiger partial charge in [-0.2, -0.15) is 0 Å². The number of aliphatic imine (C=N–C) groups is 1. The number of carbonyl (C=O) groups is 2. The van der Waals surface area contributed by atoms with E-state index in [4.69, 9.17) is 21.3 Å². The molecule has 0 aromatic rings. The van der Waals surface area contributed by atoms with Gasteiger partial charge in [-0.3, -0.25) is 20.3 Å². The number of halogens is 1. The van der Waals surface area contributed by atoms with Gasteiger partial charge in [0.05, 0.1) is 6.61 Å². The minimum Gasteiger partial charge on any atom is -0.364 e. The van der Waals surface area contributed by atoms with Crippen molar-refractivity contribution in [3.8, 4) is 0 Å². The number of hydrazine groups is 1. The predicted molar refractivity (Wildman–Crippen MR) is 140 cm³/mol. The second-order valence-corrected chi connectivity index (χ2v) is 11.2. The minimum atomic E-state index is -0.823. The Morgan fingerprint density at radius 3 is 2.89 bits per heavy atom. The van der Waals surface area contributed by atoms with Crippen LogP contribution >= 0.6 is 11.6 Å². The summed E-state index contributed by atoms with van der Waals surface area (Å²) in [6.07, 6.45) is 19.6. The van der Waals surface area contributed by atoms with E-state index in [0.717, 1.165) is 62.2 Å². The summed E-state index contributed by atoms with van der Waals surface area (Å²) >= 11 is 6.16. The number of hydrogen-bond donors (Lipinski definition) is 3. The molecule has 5 aliphatic rings. The minimum absolute atomic E-state index is 0.00726. The van der Waals surface area contributed by atoms with Crippen molar-refractivity contribution in [2.75, 3.05) is 13.2 Å². The topological polar surface area (TPSA) is 95.1 Å². The van der Waals surface area contributed by atoms with Crippen LogP contribution in [0.15, 0.2) is 40.4 Å². The maximum atomic E-state index is 13.3. The molecule has 2 amide bonds. The number of nitrogens with zero attached hydrogens (tertiary/aromatic N) is 2. The fourth-order valence-corrected chi connectivity index (χ4v) is 6.16. The Hall–Kier alpha value is -2.16. The molecule has 3 aliphatic carbocycles. The lowest BCUT2D eigenvalue weighted by atomic mass is 9.83. The first-order valence-corrected chi connectivity index (χ1v) is 13.9. The van der Waals surface area contributed by atoms with Crippen LogP contribution in [0, 0.1) is 11.8 Å². The third-order valence-electron chi connectivity index (χ3n) is 8.03. The fourth-order valence-electron chi connectivity index (χ4n) is 5.89. The van der Waals surface area contributed by atoms with Gasteiger partial charge in [0, 0.05) is 30.0 Å². The number of fused-ring (bicyclic) bond motifs is 1. The highest BCUT2D eigenvalue weighted by molar-refractivity contribution is 6.29. The largest absolute Gasteiger partial charge is 0.364 e. The van der Waals surface area contributed by atoms with Gasteiger partial charge in [-0.1, -0.05) is 55.2 Å². The van der Waals surface area contributed by atoms with Crippen LogP contribution in [0.4, 0.5) is 0 Å². The first-order valence-electron chi connectivity index (χ1n) is 13.5. The maximum absolute atomic E-state index is 13.3. The van der Waals surface area contributed by atoms with Crippen molar-refractivity contribution in [3.05, 3.63) is 35.4 Å². The molecule has 9 heteroatoms. The summed E-state index contributed by atoms with van der Waals surface area (Å²) in [5, 5.41) is 9.06. The Balaban J connectivity index is 1.15. The predicted octanol–water partition coefficient (Wildman–Crippen LogP) is 3.66. The standard InChI is InChI=1S/C27H38ClN5O3/c28-21-11-7-8-19(16-21)12-15-29-25(35)27(13-5-2-6-14-27)36-18-22-17-23(34)33-26(30-22)31-24(32-33)20-9-3-1-4-10-20/h1,3,7-8,11,19-20,22,26,30H,2,4-6,9-10,12-18H2,(H,29,35)(H,31,32). The lowest BCUT2D eigenvalue weighted by molar-refractivity contribution is -0.156. The number of rotatable bonds is 8. The van der Waals surface area contributed by atoms with Gasteiger partial charge < -0.3 is 10.1 Å². The summed E-state index contributed by atoms with van der Waals surface area (Å²) in [6.45, 7) is 0.909. The van der Waals surface area contributed by atoms with Gasteiger partial charge in [0.15, 0.2) is 6.29 Å². The summed E-state index contributed by atoms with van der Waals surface area (Å²) in [4.78, 5) is 31.0. The molecular formula is C27H38ClN5O3. The summed E-state index contributed by atoms with van der Waals surface area (Å²) in [7, 11) is 0. The number of nitrogens with one attached hydrogen (secondary N) is 3. The summed E-state index contributed by atoms with van der Waals surface area (Å²) in [5.41, 5.74) is 2.41. The summed E-state index contributed by atoms with van der Waals surface area (Å²) < 4.78 is 6.40. The van der Waals surface area contributed by atoms with Crippen LogP contribution in [0.2, 0.25) is 0 Å². The molecular weight excluding hydrogens is 478 g/mol. The number of amidine groups is 1.